The maximum Gasteiger partial charge on any atom is 0.178 e. The second-order valence-corrected chi connectivity index (χ2v) is 3.85. The van der Waals surface area contributed by atoms with Crippen molar-refractivity contribution in [2.45, 2.75) is 0 Å². The number of aromatic nitrogens is 4. The van der Waals surface area contributed by atoms with Gasteiger partial charge in [-0.05, 0) is 12.1 Å². The molecule has 4 nitrogen and oxygen atoms in total. The van der Waals surface area contributed by atoms with Gasteiger partial charge in [-0.1, -0.05) is 0 Å². The van der Waals surface area contributed by atoms with Gasteiger partial charge in [-0.2, -0.15) is 0 Å². The van der Waals surface area contributed by atoms with Crippen molar-refractivity contribution in [2.75, 3.05) is 0 Å². The van der Waals surface area contributed by atoms with Gasteiger partial charge in [-0.15, -0.1) is 11.3 Å². The standard InChI is InChI=1S/C10H6N4S/c1-2-11-10(12-3-1)7-4-9-8(5-13-7)14-6-15-9/h1-6H. The van der Waals surface area contributed by atoms with E-state index >= 15 is 0 Å². The lowest BCUT2D eigenvalue weighted by atomic mass is 10.3. The van der Waals surface area contributed by atoms with Gasteiger partial charge in [0.25, 0.3) is 0 Å². The molecular formula is C10H6N4S. The summed E-state index contributed by atoms with van der Waals surface area (Å²) in [7, 11) is 0. The topological polar surface area (TPSA) is 51.6 Å². The van der Waals surface area contributed by atoms with Crippen LogP contribution in [0.25, 0.3) is 21.7 Å². The van der Waals surface area contributed by atoms with E-state index in [-0.39, 0.29) is 0 Å². The van der Waals surface area contributed by atoms with E-state index in [0.29, 0.717) is 5.82 Å². The van der Waals surface area contributed by atoms with E-state index in [9.17, 15) is 0 Å². The Balaban J connectivity index is 2.19. The van der Waals surface area contributed by atoms with Crippen LogP contribution in [-0.2, 0) is 0 Å². The number of hydrogen-bond acceptors (Lipinski definition) is 5. The van der Waals surface area contributed by atoms with E-state index in [1.54, 1.807) is 36.0 Å². The molecule has 0 saturated carbocycles. The van der Waals surface area contributed by atoms with Crippen molar-refractivity contribution in [1.82, 2.24) is 19.9 Å². The van der Waals surface area contributed by atoms with Gasteiger partial charge >= 0.3 is 0 Å². The van der Waals surface area contributed by atoms with Gasteiger partial charge in [0.15, 0.2) is 5.82 Å². The number of pyridine rings is 1. The van der Waals surface area contributed by atoms with Crippen LogP contribution < -0.4 is 0 Å². The van der Waals surface area contributed by atoms with Crippen LogP contribution in [0.5, 0.6) is 0 Å². The van der Waals surface area contributed by atoms with E-state index in [2.05, 4.69) is 19.9 Å². The SMILES string of the molecule is c1cnc(-c2cc3scnc3cn2)nc1. The Bertz CT molecular complexity index is 590. The van der Waals surface area contributed by atoms with Crippen molar-refractivity contribution in [3.05, 3.63) is 36.2 Å². The Hall–Kier alpha value is -1.88. The van der Waals surface area contributed by atoms with E-state index in [1.807, 2.05) is 11.6 Å². The van der Waals surface area contributed by atoms with Crippen molar-refractivity contribution in [2.24, 2.45) is 0 Å². The Kier molecular flexibility index (Phi) is 1.89. The second kappa shape index (κ2) is 3.36. The lowest BCUT2D eigenvalue weighted by Gasteiger charge is -1.96. The molecule has 5 heteroatoms. The summed E-state index contributed by atoms with van der Waals surface area (Å²) in [6.45, 7) is 0. The molecule has 0 fully saturated rings. The minimum Gasteiger partial charge on any atom is -0.251 e. The zero-order valence-corrected chi connectivity index (χ0v) is 8.48. The Morgan fingerprint density at radius 2 is 1.87 bits per heavy atom. The summed E-state index contributed by atoms with van der Waals surface area (Å²) in [4.78, 5) is 16.7. The molecule has 0 radical (unpaired) electrons. The maximum absolute atomic E-state index is 4.27. The summed E-state index contributed by atoms with van der Waals surface area (Å²) in [5.74, 6) is 0.646. The highest BCUT2D eigenvalue weighted by Crippen LogP contribution is 2.21. The van der Waals surface area contributed by atoms with Crippen LogP contribution in [0, 0.1) is 0 Å². The second-order valence-electron chi connectivity index (χ2n) is 2.96. The molecule has 15 heavy (non-hydrogen) atoms. The molecule has 0 unspecified atom stereocenters. The van der Waals surface area contributed by atoms with Gasteiger partial charge in [-0.3, -0.25) is 4.98 Å². The fraction of sp³-hybridized carbons (Fsp3) is 0. The zero-order chi connectivity index (χ0) is 10.1. The van der Waals surface area contributed by atoms with Gasteiger partial charge in [-0.25, -0.2) is 15.0 Å². The molecule has 3 heterocycles. The number of fused-ring (bicyclic) bond motifs is 1. The Labute approximate surface area is 89.7 Å². The van der Waals surface area contributed by atoms with Gasteiger partial charge in [0.1, 0.15) is 5.69 Å². The van der Waals surface area contributed by atoms with Crippen molar-refractivity contribution >= 4 is 21.6 Å². The van der Waals surface area contributed by atoms with Gasteiger partial charge in [0.2, 0.25) is 0 Å². The number of nitrogens with zero attached hydrogens (tertiary/aromatic N) is 4. The van der Waals surface area contributed by atoms with Crippen LogP contribution in [-0.4, -0.2) is 19.9 Å². The lowest BCUT2D eigenvalue weighted by molar-refractivity contribution is 1.14. The number of thiazole rings is 1. The third-order valence-electron chi connectivity index (χ3n) is 2.01. The first-order chi connectivity index (χ1) is 7.43. The predicted octanol–water partition coefficient (Wildman–Crippen LogP) is 2.15. The Morgan fingerprint density at radius 3 is 2.73 bits per heavy atom. The lowest BCUT2D eigenvalue weighted by Crippen LogP contribution is -1.89. The van der Waals surface area contributed by atoms with Crippen LogP contribution in [0.2, 0.25) is 0 Å². The van der Waals surface area contributed by atoms with Crippen LogP contribution in [0.4, 0.5) is 0 Å². The molecule has 0 aliphatic rings. The quantitative estimate of drug-likeness (QED) is 0.622. The van der Waals surface area contributed by atoms with Crippen molar-refractivity contribution in [1.29, 1.82) is 0 Å². The van der Waals surface area contributed by atoms with E-state index in [1.165, 1.54) is 0 Å². The van der Waals surface area contributed by atoms with Crippen molar-refractivity contribution < 1.29 is 0 Å². The molecule has 0 amide bonds. The average molecular weight is 214 g/mol. The van der Waals surface area contributed by atoms with Gasteiger partial charge in [0, 0.05) is 12.4 Å². The monoisotopic (exact) mass is 214 g/mol. The summed E-state index contributed by atoms with van der Waals surface area (Å²) in [5, 5.41) is 0. The largest absolute Gasteiger partial charge is 0.251 e. The molecule has 0 spiro atoms. The van der Waals surface area contributed by atoms with Crippen molar-refractivity contribution in [3.63, 3.8) is 0 Å². The molecule has 3 rings (SSSR count). The third-order valence-corrected chi connectivity index (χ3v) is 2.80. The van der Waals surface area contributed by atoms with E-state index in [0.717, 1.165) is 15.9 Å². The van der Waals surface area contributed by atoms with Crippen molar-refractivity contribution in [3.8, 4) is 11.5 Å². The molecule has 0 aliphatic heterocycles. The minimum atomic E-state index is 0.646. The fourth-order valence-corrected chi connectivity index (χ4v) is 2.00. The van der Waals surface area contributed by atoms with E-state index < -0.39 is 0 Å². The minimum absolute atomic E-state index is 0.646. The Morgan fingerprint density at radius 1 is 1.00 bits per heavy atom. The average Bonchev–Trinajstić information content (AvgIpc) is 2.77. The predicted molar refractivity (Wildman–Crippen MR) is 58.4 cm³/mol. The van der Waals surface area contributed by atoms with Crippen LogP contribution in [0.1, 0.15) is 0 Å². The highest BCUT2D eigenvalue weighted by Gasteiger charge is 2.04. The molecule has 0 atom stereocenters. The summed E-state index contributed by atoms with van der Waals surface area (Å²) in [6, 6.07) is 3.75. The molecule has 0 bridgehead atoms. The summed E-state index contributed by atoms with van der Waals surface area (Å²) >= 11 is 1.59. The maximum atomic E-state index is 4.27. The van der Waals surface area contributed by atoms with Crippen LogP contribution in [0.15, 0.2) is 36.2 Å². The number of rotatable bonds is 1. The molecule has 0 aromatic carbocycles. The molecule has 0 aliphatic carbocycles. The molecule has 0 saturated heterocycles. The molecule has 3 aromatic rings. The summed E-state index contributed by atoms with van der Waals surface area (Å²) in [6.07, 6.45) is 5.17. The zero-order valence-electron chi connectivity index (χ0n) is 7.66. The fourth-order valence-electron chi connectivity index (χ4n) is 1.31. The van der Waals surface area contributed by atoms with E-state index in [4.69, 9.17) is 0 Å². The molecular weight excluding hydrogens is 208 g/mol. The first-order valence-corrected chi connectivity index (χ1v) is 5.28. The van der Waals surface area contributed by atoms with Gasteiger partial charge in [0.05, 0.1) is 21.9 Å². The molecule has 0 N–H and O–H groups in total. The smallest absolute Gasteiger partial charge is 0.178 e. The number of hydrogen-bond donors (Lipinski definition) is 0. The van der Waals surface area contributed by atoms with Crippen LogP contribution >= 0.6 is 11.3 Å². The molecule has 72 valence electrons. The highest BCUT2D eigenvalue weighted by atomic mass is 32.1. The summed E-state index contributed by atoms with van der Waals surface area (Å²) < 4.78 is 1.10. The normalized spacial score (nSPS) is 10.7. The highest BCUT2D eigenvalue weighted by molar-refractivity contribution is 7.16. The summed E-state index contributed by atoms with van der Waals surface area (Å²) in [5.41, 5.74) is 3.51. The molecule has 3 aromatic heterocycles. The first-order valence-electron chi connectivity index (χ1n) is 4.40. The van der Waals surface area contributed by atoms with Crippen LogP contribution in [0.3, 0.4) is 0 Å². The van der Waals surface area contributed by atoms with Gasteiger partial charge < -0.3 is 0 Å². The third kappa shape index (κ3) is 1.46. The first kappa shape index (κ1) is 8.43.